The maximum absolute atomic E-state index is 6.13. The lowest BCUT2D eigenvalue weighted by Crippen LogP contribution is -2.47. The third-order valence-electron chi connectivity index (χ3n) is 4.79. The fourth-order valence-electron chi connectivity index (χ4n) is 3.92. The van der Waals surface area contributed by atoms with Gasteiger partial charge in [-0.2, -0.15) is 4.98 Å². The summed E-state index contributed by atoms with van der Waals surface area (Å²) in [6, 6.07) is 2.80. The van der Waals surface area contributed by atoms with Gasteiger partial charge in [0.05, 0.1) is 5.39 Å². The van der Waals surface area contributed by atoms with Crippen molar-refractivity contribution in [1.29, 1.82) is 0 Å². The zero-order valence-electron chi connectivity index (χ0n) is 11.4. The van der Waals surface area contributed by atoms with E-state index in [9.17, 15) is 0 Å². The predicted molar refractivity (Wildman–Crippen MR) is 84.8 cm³/mol. The van der Waals surface area contributed by atoms with Crippen molar-refractivity contribution in [2.24, 2.45) is 5.92 Å². The number of piperidine rings is 1. The van der Waals surface area contributed by atoms with Crippen molar-refractivity contribution in [2.45, 2.75) is 44.6 Å². The van der Waals surface area contributed by atoms with E-state index in [-0.39, 0.29) is 0 Å². The smallest absolute Gasteiger partial charge is 0.225 e. The normalized spacial score (nSPS) is 26.8. The summed E-state index contributed by atoms with van der Waals surface area (Å²) in [5.41, 5.74) is 0. The van der Waals surface area contributed by atoms with Crippen molar-refractivity contribution in [3.05, 3.63) is 16.7 Å². The Bertz CT molecular complexity index is 625. The van der Waals surface area contributed by atoms with Crippen LogP contribution in [0.1, 0.15) is 38.5 Å². The van der Waals surface area contributed by atoms with Crippen molar-refractivity contribution in [3.63, 3.8) is 0 Å². The number of hydrogen-bond donors (Lipinski definition) is 0. The number of halogens is 1. The van der Waals surface area contributed by atoms with Gasteiger partial charge >= 0.3 is 0 Å². The third kappa shape index (κ3) is 2.09. The molecule has 0 bridgehead atoms. The Morgan fingerprint density at radius 3 is 2.95 bits per heavy atom. The van der Waals surface area contributed by atoms with Gasteiger partial charge in [-0.25, -0.2) is 4.98 Å². The van der Waals surface area contributed by atoms with E-state index < -0.39 is 0 Å². The molecule has 2 atom stereocenters. The SMILES string of the molecule is Clc1nc(N2CCCC3CCCCC32)c2ccsc2n1. The molecule has 0 spiro atoms. The van der Waals surface area contributed by atoms with Crippen LogP contribution in [0, 0.1) is 5.92 Å². The lowest BCUT2D eigenvalue weighted by Gasteiger charge is -2.45. The third-order valence-corrected chi connectivity index (χ3v) is 5.77. The molecule has 1 aliphatic heterocycles. The maximum Gasteiger partial charge on any atom is 0.225 e. The van der Waals surface area contributed by atoms with Crippen LogP contribution < -0.4 is 4.90 Å². The molecule has 2 aromatic rings. The van der Waals surface area contributed by atoms with E-state index in [0.29, 0.717) is 11.3 Å². The number of nitrogens with zero attached hydrogens (tertiary/aromatic N) is 3. The van der Waals surface area contributed by atoms with E-state index >= 15 is 0 Å². The number of rotatable bonds is 1. The van der Waals surface area contributed by atoms with Gasteiger partial charge in [-0.05, 0) is 54.6 Å². The zero-order chi connectivity index (χ0) is 13.5. The van der Waals surface area contributed by atoms with Gasteiger partial charge in [0.2, 0.25) is 5.28 Å². The van der Waals surface area contributed by atoms with E-state index in [4.69, 9.17) is 11.6 Å². The molecule has 2 aliphatic rings. The molecular weight excluding hydrogens is 290 g/mol. The summed E-state index contributed by atoms with van der Waals surface area (Å²) in [7, 11) is 0. The Balaban J connectivity index is 1.79. The molecule has 106 valence electrons. The molecule has 4 rings (SSSR count). The van der Waals surface area contributed by atoms with Crippen LogP contribution in [0.5, 0.6) is 0 Å². The van der Waals surface area contributed by atoms with E-state index in [1.807, 2.05) is 0 Å². The van der Waals surface area contributed by atoms with Gasteiger partial charge in [0.25, 0.3) is 0 Å². The Kier molecular flexibility index (Phi) is 3.31. The highest BCUT2D eigenvalue weighted by molar-refractivity contribution is 7.16. The zero-order valence-corrected chi connectivity index (χ0v) is 13.0. The average Bonchev–Trinajstić information content (AvgIpc) is 2.94. The number of thiophene rings is 1. The minimum atomic E-state index is 0.382. The maximum atomic E-state index is 6.13. The van der Waals surface area contributed by atoms with Crippen molar-refractivity contribution in [2.75, 3.05) is 11.4 Å². The molecule has 3 heterocycles. The Hall–Kier alpha value is -0.870. The summed E-state index contributed by atoms with van der Waals surface area (Å²) < 4.78 is 0. The first kappa shape index (κ1) is 12.8. The van der Waals surface area contributed by atoms with Crippen molar-refractivity contribution in [3.8, 4) is 0 Å². The molecular formula is C15H18ClN3S. The highest BCUT2D eigenvalue weighted by Gasteiger charge is 2.34. The average molecular weight is 308 g/mol. The molecule has 0 amide bonds. The van der Waals surface area contributed by atoms with Gasteiger partial charge in [-0.3, -0.25) is 0 Å². The lowest BCUT2D eigenvalue weighted by molar-refractivity contribution is 0.243. The molecule has 0 radical (unpaired) electrons. The standard InChI is InChI=1S/C15H18ClN3S/c16-15-17-13(11-7-9-20-14(11)18-15)19-8-3-5-10-4-1-2-6-12(10)19/h7,9-10,12H,1-6,8H2. The minimum absolute atomic E-state index is 0.382. The highest BCUT2D eigenvalue weighted by Crippen LogP contribution is 2.39. The first-order valence-electron chi connectivity index (χ1n) is 7.50. The predicted octanol–water partition coefficient (Wildman–Crippen LogP) is 4.50. The van der Waals surface area contributed by atoms with Gasteiger partial charge in [0, 0.05) is 12.6 Å². The van der Waals surface area contributed by atoms with E-state index in [1.165, 1.54) is 43.9 Å². The highest BCUT2D eigenvalue weighted by atomic mass is 35.5. The van der Waals surface area contributed by atoms with Crippen molar-refractivity contribution >= 4 is 39.0 Å². The van der Waals surface area contributed by atoms with E-state index in [2.05, 4.69) is 26.3 Å². The topological polar surface area (TPSA) is 29.0 Å². The van der Waals surface area contributed by atoms with Crippen LogP contribution in [-0.4, -0.2) is 22.6 Å². The van der Waals surface area contributed by atoms with Gasteiger partial charge in [-0.1, -0.05) is 12.8 Å². The summed E-state index contributed by atoms with van der Waals surface area (Å²) in [6.45, 7) is 1.11. The second kappa shape index (κ2) is 5.15. The summed E-state index contributed by atoms with van der Waals surface area (Å²) in [5, 5.41) is 3.64. The molecule has 1 saturated carbocycles. The first-order chi connectivity index (χ1) is 9.83. The summed E-state index contributed by atoms with van der Waals surface area (Å²) >= 11 is 7.78. The first-order valence-corrected chi connectivity index (χ1v) is 8.76. The lowest BCUT2D eigenvalue weighted by atomic mass is 9.78. The second-order valence-corrected chi connectivity index (χ2v) is 7.14. The quantitative estimate of drug-likeness (QED) is 0.726. The van der Waals surface area contributed by atoms with E-state index in [0.717, 1.165) is 23.1 Å². The molecule has 0 N–H and O–H groups in total. The summed E-state index contributed by atoms with van der Waals surface area (Å²) in [4.78, 5) is 12.5. The van der Waals surface area contributed by atoms with Crippen LogP contribution in [0.4, 0.5) is 5.82 Å². The Labute approximate surface area is 128 Å². The molecule has 3 nitrogen and oxygen atoms in total. The van der Waals surface area contributed by atoms with Crippen LogP contribution in [-0.2, 0) is 0 Å². The van der Waals surface area contributed by atoms with Crippen molar-refractivity contribution in [1.82, 2.24) is 9.97 Å². The number of fused-ring (bicyclic) bond motifs is 2. The fourth-order valence-corrected chi connectivity index (χ4v) is 4.89. The largest absolute Gasteiger partial charge is 0.353 e. The van der Waals surface area contributed by atoms with Gasteiger partial charge in [-0.15, -0.1) is 11.3 Å². The summed E-state index contributed by atoms with van der Waals surface area (Å²) in [5.74, 6) is 1.91. The molecule has 2 aromatic heterocycles. The van der Waals surface area contributed by atoms with Gasteiger partial charge < -0.3 is 4.90 Å². The molecule has 2 unspecified atom stereocenters. The Morgan fingerprint density at radius 1 is 1.15 bits per heavy atom. The molecule has 20 heavy (non-hydrogen) atoms. The molecule has 0 aromatic carbocycles. The van der Waals surface area contributed by atoms with Gasteiger partial charge in [0.15, 0.2) is 0 Å². The Morgan fingerprint density at radius 2 is 2.00 bits per heavy atom. The molecule has 1 saturated heterocycles. The molecule has 5 heteroatoms. The van der Waals surface area contributed by atoms with E-state index in [1.54, 1.807) is 11.3 Å². The van der Waals surface area contributed by atoms with Crippen LogP contribution >= 0.6 is 22.9 Å². The summed E-state index contributed by atoms with van der Waals surface area (Å²) in [6.07, 6.45) is 8.09. The van der Waals surface area contributed by atoms with Crippen LogP contribution in [0.2, 0.25) is 5.28 Å². The van der Waals surface area contributed by atoms with Crippen LogP contribution in [0.25, 0.3) is 10.2 Å². The number of aromatic nitrogens is 2. The van der Waals surface area contributed by atoms with Crippen LogP contribution in [0.3, 0.4) is 0 Å². The second-order valence-electron chi connectivity index (χ2n) is 5.90. The minimum Gasteiger partial charge on any atom is -0.353 e. The number of hydrogen-bond acceptors (Lipinski definition) is 4. The molecule has 2 fully saturated rings. The number of anilines is 1. The monoisotopic (exact) mass is 307 g/mol. The molecule has 1 aliphatic carbocycles. The van der Waals surface area contributed by atoms with Crippen molar-refractivity contribution < 1.29 is 0 Å². The van der Waals surface area contributed by atoms with Crippen LogP contribution in [0.15, 0.2) is 11.4 Å². The van der Waals surface area contributed by atoms with Gasteiger partial charge in [0.1, 0.15) is 10.6 Å². The fraction of sp³-hybridized carbons (Fsp3) is 0.600.